The van der Waals surface area contributed by atoms with E-state index in [9.17, 15) is 4.79 Å². The van der Waals surface area contributed by atoms with E-state index in [1.807, 2.05) is 0 Å². The highest BCUT2D eigenvalue weighted by Crippen LogP contribution is 2.29. The molecule has 0 aliphatic carbocycles. The molecule has 2 aliphatic heterocycles. The molecule has 4 heteroatoms. The van der Waals surface area contributed by atoms with Crippen molar-refractivity contribution in [1.29, 1.82) is 0 Å². The predicted octanol–water partition coefficient (Wildman–Crippen LogP) is 2.29. The summed E-state index contributed by atoms with van der Waals surface area (Å²) < 4.78 is 0. The number of carbonyl (C=O) groups is 1. The van der Waals surface area contributed by atoms with Gasteiger partial charge in [-0.25, -0.2) is 0 Å². The molecule has 1 amide bonds. The van der Waals surface area contributed by atoms with Crippen molar-refractivity contribution in [3.05, 3.63) is 0 Å². The summed E-state index contributed by atoms with van der Waals surface area (Å²) in [5.41, 5.74) is -0.0951. The normalized spacial score (nSPS) is 28.9. The average molecular weight is 295 g/mol. The van der Waals surface area contributed by atoms with E-state index >= 15 is 0 Å². The first kappa shape index (κ1) is 16.8. The van der Waals surface area contributed by atoms with Crippen LogP contribution in [0.25, 0.3) is 0 Å². The first-order valence-corrected chi connectivity index (χ1v) is 8.74. The standard InChI is InChI=1S/C17H33N3O/c1-5-9-20(12-16(21)19-17(3,4)6-2)15-10-13-7-8-14(11-15)18-13/h13-15,18H,5-12H2,1-4H3,(H,19,21). The molecule has 21 heavy (non-hydrogen) atoms. The van der Waals surface area contributed by atoms with E-state index < -0.39 is 0 Å². The van der Waals surface area contributed by atoms with Gasteiger partial charge in [0.1, 0.15) is 0 Å². The van der Waals surface area contributed by atoms with Gasteiger partial charge in [-0.05, 0) is 58.9 Å². The summed E-state index contributed by atoms with van der Waals surface area (Å²) in [6.45, 7) is 10.1. The van der Waals surface area contributed by atoms with Crippen molar-refractivity contribution in [2.24, 2.45) is 0 Å². The highest BCUT2D eigenvalue weighted by atomic mass is 16.2. The predicted molar refractivity (Wildman–Crippen MR) is 87.3 cm³/mol. The van der Waals surface area contributed by atoms with Gasteiger partial charge in [0, 0.05) is 23.7 Å². The molecular formula is C17H33N3O. The maximum atomic E-state index is 12.4. The molecule has 2 heterocycles. The first-order valence-electron chi connectivity index (χ1n) is 8.74. The molecule has 0 radical (unpaired) electrons. The van der Waals surface area contributed by atoms with Crippen LogP contribution in [0.15, 0.2) is 0 Å². The van der Waals surface area contributed by atoms with E-state index in [4.69, 9.17) is 0 Å². The number of nitrogens with one attached hydrogen (secondary N) is 2. The second-order valence-electron chi connectivity index (χ2n) is 7.52. The third kappa shape index (κ3) is 4.68. The number of rotatable bonds is 7. The molecule has 0 saturated carbocycles. The molecule has 4 nitrogen and oxygen atoms in total. The summed E-state index contributed by atoms with van der Waals surface area (Å²) in [4.78, 5) is 14.8. The fourth-order valence-electron chi connectivity index (χ4n) is 3.69. The average Bonchev–Trinajstić information content (AvgIpc) is 2.76. The number of amides is 1. The van der Waals surface area contributed by atoms with E-state index in [1.165, 1.54) is 25.7 Å². The SMILES string of the molecule is CCCN(CC(=O)NC(C)(C)CC)C1CC2CCC(C1)N2. The van der Waals surface area contributed by atoms with Gasteiger partial charge in [-0.15, -0.1) is 0 Å². The van der Waals surface area contributed by atoms with Crippen molar-refractivity contribution in [1.82, 2.24) is 15.5 Å². The number of nitrogens with zero attached hydrogens (tertiary/aromatic N) is 1. The lowest BCUT2D eigenvalue weighted by Gasteiger charge is -2.38. The zero-order valence-corrected chi connectivity index (χ0v) is 14.2. The van der Waals surface area contributed by atoms with Gasteiger partial charge in [-0.1, -0.05) is 13.8 Å². The van der Waals surface area contributed by atoms with E-state index in [-0.39, 0.29) is 11.4 Å². The number of carbonyl (C=O) groups excluding carboxylic acids is 1. The Kier molecular flexibility index (Phi) is 5.67. The highest BCUT2D eigenvalue weighted by molar-refractivity contribution is 5.78. The van der Waals surface area contributed by atoms with Crippen molar-refractivity contribution in [2.75, 3.05) is 13.1 Å². The van der Waals surface area contributed by atoms with Gasteiger partial charge in [-0.2, -0.15) is 0 Å². The van der Waals surface area contributed by atoms with Gasteiger partial charge in [0.2, 0.25) is 5.91 Å². The lowest BCUT2D eigenvalue weighted by Crippen LogP contribution is -2.53. The van der Waals surface area contributed by atoms with Crippen LogP contribution in [0, 0.1) is 0 Å². The van der Waals surface area contributed by atoms with Crippen molar-refractivity contribution in [3.8, 4) is 0 Å². The van der Waals surface area contributed by atoms with Crippen LogP contribution in [0.3, 0.4) is 0 Å². The van der Waals surface area contributed by atoms with Crippen LogP contribution in [0.1, 0.15) is 66.2 Å². The van der Waals surface area contributed by atoms with Crippen LogP contribution in [0.2, 0.25) is 0 Å². The van der Waals surface area contributed by atoms with Crippen molar-refractivity contribution in [2.45, 2.75) is 89.9 Å². The van der Waals surface area contributed by atoms with Gasteiger partial charge < -0.3 is 10.6 Å². The molecule has 0 aromatic carbocycles. The molecule has 2 fully saturated rings. The van der Waals surface area contributed by atoms with Crippen LogP contribution in [0.5, 0.6) is 0 Å². The molecule has 2 unspecified atom stereocenters. The first-order chi connectivity index (χ1) is 9.93. The van der Waals surface area contributed by atoms with Crippen LogP contribution in [-0.2, 0) is 4.79 Å². The minimum Gasteiger partial charge on any atom is -0.350 e. The van der Waals surface area contributed by atoms with E-state index in [2.05, 4.69) is 43.2 Å². The summed E-state index contributed by atoms with van der Waals surface area (Å²) in [7, 11) is 0. The van der Waals surface area contributed by atoms with Gasteiger partial charge in [0.15, 0.2) is 0 Å². The number of fused-ring (bicyclic) bond motifs is 2. The maximum absolute atomic E-state index is 12.4. The number of piperidine rings is 1. The van der Waals surface area contributed by atoms with Gasteiger partial charge in [0.25, 0.3) is 0 Å². The quantitative estimate of drug-likeness (QED) is 0.757. The van der Waals surface area contributed by atoms with Crippen LogP contribution >= 0.6 is 0 Å². The summed E-state index contributed by atoms with van der Waals surface area (Å²) in [6.07, 6.45) is 7.13. The molecule has 0 spiro atoms. The molecule has 2 aliphatic rings. The van der Waals surface area contributed by atoms with Crippen LogP contribution in [-0.4, -0.2) is 47.6 Å². The van der Waals surface area contributed by atoms with E-state index in [1.54, 1.807) is 0 Å². The Balaban J connectivity index is 1.91. The monoisotopic (exact) mass is 295 g/mol. The molecule has 2 atom stereocenters. The molecule has 122 valence electrons. The van der Waals surface area contributed by atoms with E-state index in [0.29, 0.717) is 24.7 Å². The van der Waals surface area contributed by atoms with Crippen LogP contribution in [0.4, 0.5) is 0 Å². The second-order valence-corrected chi connectivity index (χ2v) is 7.52. The maximum Gasteiger partial charge on any atom is 0.234 e. The Labute approximate surface area is 130 Å². The van der Waals surface area contributed by atoms with Gasteiger partial charge >= 0.3 is 0 Å². The Morgan fingerprint density at radius 3 is 2.38 bits per heavy atom. The molecule has 2 bridgehead atoms. The highest BCUT2D eigenvalue weighted by Gasteiger charge is 2.36. The van der Waals surface area contributed by atoms with Crippen molar-refractivity contribution in [3.63, 3.8) is 0 Å². The second kappa shape index (κ2) is 7.10. The Hall–Kier alpha value is -0.610. The third-order valence-corrected chi connectivity index (χ3v) is 5.18. The van der Waals surface area contributed by atoms with Crippen molar-refractivity contribution >= 4 is 5.91 Å². The fourth-order valence-corrected chi connectivity index (χ4v) is 3.69. The Bertz CT molecular complexity index is 344. The summed E-state index contributed by atoms with van der Waals surface area (Å²) in [5, 5.41) is 6.87. The van der Waals surface area contributed by atoms with Crippen LogP contribution < -0.4 is 10.6 Å². The summed E-state index contributed by atoms with van der Waals surface area (Å²) in [6, 6.07) is 1.95. The molecule has 2 saturated heterocycles. The Morgan fingerprint density at radius 2 is 1.86 bits per heavy atom. The van der Waals surface area contributed by atoms with Gasteiger partial charge in [-0.3, -0.25) is 9.69 Å². The lowest BCUT2D eigenvalue weighted by molar-refractivity contribution is -0.124. The third-order valence-electron chi connectivity index (χ3n) is 5.18. The molecule has 0 aromatic heterocycles. The zero-order valence-electron chi connectivity index (χ0n) is 14.2. The van der Waals surface area contributed by atoms with E-state index in [0.717, 1.165) is 19.4 Å². The largest absolute Gasteiger partial charge is 0.350 e. The zero-order chi connectivity index (χ0) is 15.5. The summed E-state index contributed by atoms with van der Waals surface area (Å²) >= 11 is 0. The minimum absolute atomic E-state index is 0.0951. The molecule has 0 aromatic rings. The number of hydrogen-bond acceptors (Lipinski definition) is 3. The molecular weight excluding hydrogens is 262 g/mol. The summed E-state index contributed by atoms with van der Waals surface area (Å²) in [5.74, 6) is 0.182. The molecule has 2 N–H and O–H groups in total. The number of hydrogen-bond donors (Lipinski definition) is 2. The van der Waals surface area contributed by atoms with Gasteiger partial charge in [0.05, 0.1) is 6.54 Å². The lowest BCUT2D eigenvalue weighted by atomic mass is 9.97. The minimum atomic E-state index is -0.0951. The Morgan fingerprint density at radius 1 is 1.24 bits per heavy atom. The smallest absolute Gasteiger partial charge is 0.234 e. The van der Waals surface area contributed by atoms with Crippen molar-refractivity contribution < 1.29 is 4.79 Å². The fraction of sp³-hybridized carbons (Fsp3) is 0.941. The molecule has 2 rings (SSSR count). The topological polar surface area (TPSA) is 44.4 Å².